The van der Waals surface area contributed by atoms with E-state index in [4.69, 9.17) is 0 Å². The first-order valence-corrected chi connectivity index (χ1v) is 15.0. The SMILES string of the molecule is C/N=C/[C@H](C[C@@H]1CCNC1=O)NC(=O)[C@@H]1[C@@H]2[C@H](CN1C(=O)[C@@H](NC(=O)[C@@H]1C[C@@H]1c1ccccc1)C(C)(C)C)C2(C)C. The number of nitrogens with one attached hydrogen (secondary N) is 3. The van der Waals surface area contributed by atoms with Crippen molar-refractivity contribution >= 4 is 29.8 Å². The van der Waals surface area contributed by atoms with Crippen LogP contribution in [-0.2, 0) is 19.2 Å². The molecule has 0 spiro atoms. The van der Waals surface area contributed by atoms with E-state index in [1.54, 1.807) is 18.2 Å². The number of rotatable bonds is 9. The molecule has 1 aromatic carbocycles. The summed E-state index contributed by atoms with van der Waals surface area (Å²) in [6.45, 7) is 11.3. The van der Waals surface area contributed by atoms with Crippen molar-refractivity contribution in [2.45, 2.75) is 77.9 Å². The van der Waals surface area contributed by atoms with E-state index in [1.807, 2.05) is 51.1 Å². The highest BCUT2D eigenvalue weighted by Gasteiger charge is 2.70. The van der Waals surface area contributed by atoms with Crippen LogP contribution >= 0.6 is 0 Å². The Morgan fingerprint density at radius 2 is 1.85 bits per heavy atom. The highest BCUT2D eigenvalue weighted by Crippen LogP contribution is 2.65. The van der Waals surface area contributed by atoms with Crippen molar-refractivity contribution in [2.75, 3.05) is 20.1 Å². The van der Waals surface area contributed by atoms with Gasteiger partial charge in [-0.15, -0.1) is 0 Å². The van der Waals surface area contributed by atoms with Crippen LogP contribution in [0.2, 0.25) is 0 Å². The second-order valence-electron chi connectivity index (χ2n) is 14.1. The minimum absolute atomic E-state index is 0.00346. The molecule has 4 fully saturated rings. The summed E-state index contributed by atoms with van der Waals surface area (Å²) in [6.07, 6.45) is 3.65. The third-order valence-corrected chi connectivity index (χ3v) is 9.87. The fourth-order valence-electron chi connectivity index (χ4n) is 7.21. The smallest absolute Gasteiger partial charge is 0.246 e. The van der Waals surface area contributed by atoms with Gasteiger partial charge in [-0.2, -0.15) is 0 Å². The van der Waals surface area contributed by atoms with Gasteiger partial charge in [-0.25, -0.2) is 0 Å². The highest BCUT2D eigenvalue weighted by atomic mass is 16.2. The molecule has 0 radical (unpaired) electrons. The Morgan fingerprint density at radius 3 is 2.46 bits per heavy atom. The standard InChI is InChI=1S/C32H45N5O4/c1-31(2,3)26(36-28(39)22-15-21(22)18-10-8-7-9-11-18)30(41)37-17-23-24(32(23,4)5)25(37)29(40)35-20(16-33-6)14-19-12-13-34-27(19)38/h7-11,16,19-26H,12-15,17H2,1-6H3,(H,34,38)(H,35,40)(H,36,39)/b33-16+/t19-,20-,21+,22+,23-,24-,25-,26+/m0/s1. The molecule has 3 N–H and O–H groups in total. The zero-order valence-electron chi connectivity index (χ0n) is 25.1. The lowest BCUT2D eigenvalue weighted by Gasteiger charge is -2.38. The number of hydrogen-bond acceptors (Lipinski definition) is 5. The fraction of sp³-hybridized carbons (Fsp3) is 0.656. The molecule has 222 valence electrons. The number of carbonyl (C=O) groups excluding carboxylic acids is 4. The maximum absolute atomic E-state index is 14.2. The summed E-state index contributed by atoms with van der Waals surface area (Å²) in [5, 5.41) is 9.05. The molecule has 9 heteroatoms. The number of piperidine rings is 1. The van der Waals surface area contributed by atoms with Crippen LogP contribution in [0.3, 0.4) is 0 Å². The van der Waals surface area contributed by atoms with E-state index in [1.165, 1.54) is 0 Å². The number of benzene rings is 1. The summed E-state index contributed by atoms with van der Waals surface area (Å²) < 4.78 is 0. The summed E-state index contributed by atoms with van der Waals surface area (Å²) in [5.41, 5.74) is 0.557. The molecule has 5 rings (SSSR count). The van der Waals surface area contributed by atoms with Crippen LogP contribution in [0, 0.1) is 34.5 Å². The Hall–Kier alpha value is -3.23. The number of likely N-dealkylation sites (tertiary alicyclic amines) is 1. The molecule has 2 aliphatic heterocycles. The maximum Gasteiger partial charge on any atom is 0.246 e. The summed E-state index contributed by atoms with van der Waals surface area (Å²) in [5.74, 6) is -0.410. The molecule has 2 heterocycles. The summed E-state index contributed by atoms with van der Waals surface area (Å²) in [4.78, 5) is 59.5. The van der Waals surface area contributed by atoms with Crippen LogP contribution in [-0.4, -0.2) is 73.0 Å². The van der Waals surface area contributed by atoms with Gasteiger partial charge in [-0.1, -0.05) is 65.0 Å². The summed E-state index contributed by atoms with van der Waals surface area (Å²) >= 11 is 0. The van der Waals surface area contributed by atoms with E-state index in [0.29, 0.717) is 19.5 Å². The molecule has 2 saturated carbocycles. The molecule has 2 aliphatic carbocycles. The van der Waals surface area contributed by atoms with Gasteiger partial charge in [-0.3, -0.25) is 24.2 Å². The van der Waals surface area contributed by atoms with Crippen molar-refractivity contribution < 1.29 is 19.2 Å². The molecule has 0 unspecified atom stereocenters. The normalized spacial score (nSPS) is 31.3. The van der Waals surface area contributed by atoms with E-state index in [-0.39, 0.29) is 58.6 Å². The van der Waals surface area contributed by atoms with Gasteiger partial charge < -0.3 is 20.9 Å². The highest BCUT2D eigenvalue weighted by molar-refractivity contribution is 5.95. The predicted molar refractivity (Wildman–Crippen MR) is 157 cm³/mol. The second kappa shape index (κ2) is 10.9. The Bertz CT molecular complexity index is 1220. The van der Waals surface area contributed by atoms with E-state index >= 15 is 0 Å². The van der Waals surface area contributed by atoms with Gasteiger partial charge in [0.15, 0.2) is 0 Å². The van der Waals surface area contributed by atoms with Crippen LogP contribution in [0.4, 0.5) is 0 Å². The van der Waals surface area contributed by atoms with Crippen molar-refractivity contribution in [3.63, 3.8) is 0 Å². The molecular formula is C32H45N5O4. The third kappa shape index (κ3) is 5.77. The van der Waals surface area contributed by atoms with Gasteiger partial charge in [0.05, 0.1) is 6.04 Å². The van der Waals surface area contributed by atoms with Crippen LogP contribution in [0.25, 0.3) is 0 Å². The molecule has 41 heavy (non-hydrogen) atoms. The third-order valence-electron chi connectivity index (χ3n) is 9.87. The zero-order valence-corrected chi connectivity index (χ0v) is 25.1. The lowest BCUT2D eigenvalue weighted by atomic mass is 9.85. The number of fused-ring (bicyclic) bond motifs is 1. The van der Waals surface area contributed by atoms with Crippen molar-refractivity contribution in [1.29, 1.82) is 0 Å². The van der Waals surface area contributed by atoms with Gasteiger partial charge in [0.2, 0.25) is 23.6 Å². The number of nitrogens with zero attached hydrogens (tertiary/aromatic N) is 2. The van der Waals surface area contributed by atoms with E-state index in [9.17, 15) is 19.2 Å². The van der Waals surface area contributed by atoms with Crippen molar-refractivity contribution in [1.82, 2.24) is 20.9 Å². The summed E-state index contributed by atoms with van der Waals surface area (Å²) in [6, 6.07) is 8.23. The van der Waals surface area contributed by atoms with Gasteiger partial charge in [0.1, 0.15) is 12.1 Å². The minimum Gasteiger partial charge on any atom is -0.356 e. The molecular weight excluding hydrogens is 518 g/mol. The Balaban J connectivity index is 1.31. The first-order chi connectivity index (χ1) is 19.3. The van der Waals surface area contributed by atoms with Crippen molar-refractivity contribution in [3.8, 4) is 0 Å². The molecule has 4 amide bonds. The maximum atomic E-state index is 14.2. The van der Waals surface area contributed by atoms with Crippen LogP contribution in [0.15, 0.2) is 35.3 Å². The van der Waals surface area contributed by atoms with Gasteiger partial charge in [0.25, 0.3) is 0 Å². The Kier molecular flexibility index (Phi) is 7.76. The number of hydrogen-bond donors (Lipinski definition) is 3. The molecule has 0 bridgehead atoms. The molecule has 4 aliphatic rings. The average molecular weight is 564 g/mol. The summed E-state index contributed by atoms with van der Waals surface area (Å²) in [7, 11) is 1.65. The predicted octanol–water partition coefficient (Wildman–Crippen LogP) is 2.52. The largest absolute Gasteiger partial charge is 0.356 e. The molecule has 8 atom stereocenters. The number of carbonyl (C=O) groups is 4. The van der Waals surface area contributed by atoms with Crippen molar-refractivity contribution in [3.05, 3.63) is 35.9 Å². The fourth-order valence-corrected chi connectivity index (χ4v) is 7.21. The number of aliphatic imine (C=N–C) groups is 1. The van der Waals surface area contributed by atoms with Gasteiger partial charge in [0, 0.05) is 38.2 Å². The van der Waals surface area contributed by atoms with Crippen LogP contribution in [0.5, 0.6) is 0 Å². The van der Waals surface area contributed by atoms with E-state index in [0.717, 1.165) is 18.4 Å². The first-order valence-electron chi connectivity index (χ1n) is 15.0. The molecule has 9 nitrogen and oxygen atoms in total. The Labute approximate surface area is 243 Å². The number of amides is 4. The lowest BCUT2D eigenvalue weighted by molar-refractivity contribution is -0.145. The van der Waals surface area contributed by atoms with E-state index < -0.39 is 23.5 Å². The average Bonchev–Trinajstić information content (AvgIpc) is 3.67. The lowest BCUT2D eigenvalue weighted by Crippen LogP contribution is -2.60. The van der Waals surface area contributed by atoms with E-state index in [2.05, 4.69) is 34.8 Å². The minimum atomic E-state index is -0.752. The quantitative estimate of drug-likeness (QED) is 0.400. The monoisotopic (exact) mass is 563 g/mol. The van der Waals surface area contributed by atoms with Crippen LogP contribution < -0.4 is 16.0 Å². The topological polar surface area (TPSA) is 120 Å². The Morgan fingerprint density at radius 1 is 1.15 bits per heavy atom. The second-order valence-corrected chi connectivity index (χ2v) is 14.1. The van der Waals surface area contributed by atoms with Crippen molar-refractivity contribution in [2.24, 2.45) is 39.5 Å². The van der Waals surface area contributed by atoms with Gasteiger partial charge >= 0.3 is 0 Å². The molecule has 1 aromatic rings. The molecule has 2 saturated heterocycles. The zero-order chi connectivity index (χ0) is 29.7. The molecule has 0 aromatic heterocycles. The first kappa shape index (κ1) is 29.3. The van der Waals surface area contributed by atoms with Gasteiger partial charge in [-0.05, 0) is 53.4 Å². The van der Waals surface area contributed by atoms with Crippen LogP contribution in [0.1, 0.15) is 65.4 Å².